The zero-order valence-electron chi connectivity index (χ0n) is 9.46. The highest BCUT2D eigenvalue weighted by molar-refractivity contribution is 7.91. The first-order chi connectivity index (χ1) is 7.91. The Bertz CT molecular complexity index is 502. The largest absolute Gasteiger partial charge is 0.375 e. The van der Waals surface area contributed by atoms with Gasteiger partial charge in [0, 0.05) is 12.6 Å². The first-order valence-electron chi connectivity index (χ1n) is 5.16. The Morgan fingerprint density at radius 2 is 2.29 bits per heavy atom. The summed E-state index contributed by atoms with van der Waals surface area (Å²) in [6, 6.07) is -0.169. The van der Waals surface area contributed by atoms with Crippen LogP contribution < -0.4 is 0 Å². The SMILES string of the molecule is CC1CN(S(=O)(=O)c2cnc(Cl)s2)C(C)CO1. The lowest BCUT2D eigenvalue weighted by atomic mass is 10.2. The Kier molecular flexibility index (Phi) is 3.74. The van der Waals surface area contributed by atoms with Crippen LogP contribution in [0.25, 0.3) is 0 Å². The minimum absolute atomic E-state index is 0.0932. The Balaban J connectivity index is 2.31. The van der Waals surface area contributed by atoms with Crippen LogP contribution in [0, 0.1) is 0 Å². The number of rotatable bonds is 2. The van der Waals surface area contributed by atoms with Crippen molar-refractivity contribution in [2.45, 2.75) is 30.2 Å². The van der Waals surface area contributed by atoms with E-state index < -0.39 is 10.0 Å². The first-order valence-corrected chi connectivity index (χ1v) is 7.79. The highest BCUT2D eigenvalue weighted by Crippen LogP contribution is 2.28. The molecule has 0 spiro atoms. The molecule has 2 heterocycles. The molecule has 5 nitrogen and oxygen atoms in total. The van der Waals surface area contributed by atoms with Crippen LogP contribution in [-0.2, 0) is 14.8 Å². The summed E-state index contributed by atoms with van der Waals surface area (Å²) in [5, 5.41) is 0. The van der Waals surface area contributed by atoms with Gasteiger partial charge in [0.15, 0.2) is 8.68 Å². The number of thiazole rings is 1. The van der Waals surface area contributed by atoms with Crippen molar-refractivity contribution >= 4 is 33.0 Å². The highest BCUT2D eigenvalue weighted by Gasteiger charge is 2.35. The van der Waals surface area contributed by atoms with E-state index in [1.54, 1.807) is 0 Å². The minimum atomic E-state index is -3.50. The lowest BCUT2D eigenvalue weighted by Crippen LogP contribution is -2.49. The van der Waals surface area contributed by atoms with Crippen LogP contribution in [0.15, 0.2) is 10.4 Å². The zero-order chi connectivity index (χ0) is 12.6. The van der Waals surface area contributed by atoms with Gasteiger partial charge in [-0.15, -0.1) is 0 Å². The number of hydrogen-bond acceptors (Lipinski definition) is 5. The monoisotopic (exact) mass is 296 g/mol. The number of nitrogens with zero attached hydrogens (tertiary/aromatic N) is 2. The normalized spacial score (nSPS) is 27.2. The maximum atomic E-state index is 12.3. The van der Waals surface area contributed by atoms with Crippen molar-refractivity contribution in [3.63, 3.8) is 0 Å². The molecule has 0 aliphatic carbocycles. The summed E-state index contributed by atoms with van der Waals surface area (Å²) >= 11 is 6.65. The van der Waals surface area contributed by atoms with Crippen LogP contribution in [0.2, 0.25) is 4.47 Å². The van der Waals surface area contributed by atoms with E-state index in [0.29, 0.717) is 13.2 Å². The van der Waals surface area contributed by atoms with Gasteiger partial charge in [-0.2, -0.15) is 4.31 Å². The van der Waals surface area contributed by atoms with E-state index in [1.807, 2.05) is 13.8 Å². The topological polar surface area (TPSA) is 59.5 Å². The van der Waals surface area contributed by atoms with Gasteiger partial charge in [-0.3, -0.25) is 0 Å². The van der Waals surface area contributed by atoms with Gasteiger partial charge in [-0.1, -0.05) is 22.9 Å². The number of aromatic nitrogens is 1. The third-order valence-electron chi connectivity index (χ3n) is 2.57. The molecule has 0 saturated carbocycles. The molecule has 1 aliphatic heterocycles. The molecule has 0 bridgehead atoms. The van der Waals surface area contributed by atoms with Crippen molar-refractivity contribution in [1.82, 2.24) is 9.29 Å². The fourth-order valence-electron chi connectivity index (χ4n) is 1.68. The molecule has 17 heavy (non-hydrogen) atoms. The van der Waals surface area contributed by atoms with Crippen LogP contribution >= 0.6 is 22.9 Å². The molecule has 1 aromatic rings. The third-order valence-corrected chi connectivity index (χ3v) is 6.10. The lowest BCUT2D eigenvalue weighted by molar-refractivity contribution is -0.0170. The van der Waals surface area contributed by atoms with Crippen LogP contribution in [0.1, 0.15) is 13.8 Å². The second kappa shape index (κ2) is 4.81. The van der Waals surface area contributed by atoms with Gasteiger partial charge in [0.05, 0.1) is 18.9 Å². The first kappa shape index (κ1) is 13.2. The van der Waals surface area contributed by atoms with Gasteiger partial charge < -0.3 is 4.74 Å². The second-order valence-electron chi connectivity index (χ2n) is 4.00. The number of halogens is 1. The molecule has 1 saturated heterocycles. The predicted octanol–water partition coefficient (Wildman–Crippen LogP) is 1.59. The Morgan fingerprint density at radius 1 is 1.59 bits per heavy atom. The van der Waals surface area contributed by atoms with E-state index in [2.05, 4.69) is 4.98 Å². The molecular weight excluding hydrogens is 284 g/mol. The fraction of sp³-hybridized carbons (Fsp3) is 0.667. The second-order valence-corrected chi connectivity index (χ2v) is 7.73. The predicted molar refractivity (Wildman–Crippen MR) is 65.9 cm³/mol. The molecular formula is C9H13ClN2O3S2. The van der Waals surface area contributed by atoms with E-state index in [1.165, 1.54) is 10.5 Å². The van der Waals surface area contributed by atoms with Gasteiger partial charge in [0.25, 0.3) is 10.0 Å². The molecule has 2 atom stereocenters. The van der Waals surface area contributed by atoms with Crippen LogP contribution in [0.4, 0.5) is 0 Å². The molecule has 0 amide bonds. The zero-order valence-corrected chi connectivity index (χ0v) is 11.8. The summed E-state index contributed by atoms with van der Waals surface area (Å²) in [5.74, 6) is 0. The van der Waals surface area contributed by atoms with Gasteiger partial charge >= 0.3 is 0 Å². The molecule has 0 aromatic carbocycles. The number of hydrogen-bond donors (Lipinski definition) is 0. The molecule has 0 radical (unpaired) electrons. The van der Waals surface area contributed by atoms with Crippen molar-refractivity contribution in [3.05, 3.63) is 10.7 Å². The molecule has 2 rings (SSSR count). The van der Waals surface area contributed by atoms with Crippen molar-refractivity contribution in [2.75, 3.05) is 13.2 Å². The van der Waals surface area contributed by atoms with Crippen LogP contribution in [0.5, 0.6) is 0 Å². The van der Waals surface area contributed by atoms with Crippen molar-refractivity contribution in [3.8, 4) is 0 Å². The summed E-state index contributed by atoms with van der Waals surface area (Å²) in [7, 11) is -3.50. The van der Waals surface area contributed by atoms with E-state index in [0.717, 1.165) is 11.3 Å². The average Bonchev–Trinajstić information content (AvgIpc) is 2.69. The summed E-state index contributed by atoms with van der Waals surface area (Å²) in [5.41, 5.74) is 0. The minimum Gasteiger partial charge on any atom is -0.375 e. The number of ether oxygens (including phenoxy) is 1. The lowest BCUT2D eigenvalue weighted by Gasteiger charge is -2.35. The standard InChI is InChI=1S/C9H13ClN2O3S2/c1-6-5-15-7(2)4-12(6)17(13,14)8-3-11-9(10)16-8/h3,6-7H,4-5H2,1-2H3. The van der Waals surface area contributed by atoms with Gasteiger partial charge in [-0.05, 0) is 13.8 Å². The number of sulfonamides is 1. The Morgan fingerprint density at radius 3 is 2.88 bits per heavy atom. The average molecular weight is 297 g/mol. The van der Waals surface area contributed by atoms with Gasteiger partial charge in [0.2, 0.25) is 0 Å². The molecule has 1 fully saturated rings. The van der Waals surface area contributed by atoms with Crippen molar-refractivity contribution in [2.24, 2.45) is 0 Å². The summed E-state index contributed by atoms with van der Waals surface area (Å²) < 4.78 is 32.0. The maximum Gasteiger partial charge on any atom is 0.254 e. The van der Waals surface area contributed by atoms with Crippen LogP contribution in [0.3, 0.4) is 0 Å². The molecule has 1 aromatic heterocycles. The smallest absolute Gasteiger partial charge is 0.254 e. The Labute approximate surface area is 109 Å². The maximum absolute atomic E-state index is 12.3. The van der Waals surface area contributed by atoms with Gasteiger partial charge in [0.1, 0.15) is 0 Å². The summed E-state index contributed by atoms with van der Waals surface area (Å²) in [6.45, 7) is 4.45. The summed E-state index contributed by atoms with van der Waals surface area (Å²) in [4.78, 5) is 3.77. The highest BCUT2D eigenvalue weighted by atomic mass is 35.5. The van der Waals surface area contributed by atoms with Gasteiger partial charge in [-0.25, -0.2) is 13.4 Å². The Hall–Kier alpha value is -0.210. The van der Waals surface area contributed by atoms with Crippen LogP contribution in [-0.4, -0.2) is 43.0 Å². The van der Waals surface area contributed by atoms with E-state index >= 15 is 0 Å². The van der Waals surface area contributed by atoms with Crippen molar-refractivity contribution in [1.29, 1.82) is 0 Å². The number of morpholine rings is 1. The molecule has 2 unspecified atom stereocenters. The van der Waals surface area contributed by atoms with E-state index in [9.17, 15) is 8.42 Å². The fourth-order valence-corrected chi connectivity index (χ4v) is 4.80. The molecule has 0 N–H and O–H groups in total. The van der Waals surface area contributed by atoms with Crippen molar-refractivity contribution < 1.29 is 13.2 Å². The molecule has 96 valence electrons. The van der Waals surface area contributed by atoms with E-state index in [-0.39, 0.29) is 20.8 Å². The third kappa shape index (κ3) is 2.63. The molecule has 8 heteroatoms. The quantitative estimate of drug-likeness (QED) is 0.832. The molecule has 1 aliphatic rings. The van der Waals surface area contributed by atoms with E-state index in [4.69, 9.17) is 16.3 Å². The summed E-state index contributed by atoms with van der Waals surface area (Å²) in [6.07, 6.45) is 1.21.